The van der Waals surface area contributed by atoms with Gasteiger partial charge in [0.15, 0.2) is 0 Å². The van der Waals surface area contributed by atoms with Crippen LogP contribution in [-0.4, -0.2) is 8.07 Å². The summed E-state index contributed by atoms with van der Waals surface area (Å²) in [6, 6.07) is 87.5. The maximum absolute atomic E-state index is 2.43. The molecule has 0 amide bonds. The van der Waals surface area contributed by atoms with Crippen molar-refractivity contribution in [3.05, 3.63) is 243 Å². The molecule has 0 bridgehead atoms. The van der Waals surface area contributed by atoms with Crippen LogP contribution in [0.25, 0.3) is 33.4 Å². The van der Waals surface area contributed by atoms with Gasteiger partial charge in [-0.2, -0.15) is 0 Å². The van der Waals surface area contributed by atoms with E-state index in [1.807, 2.05) is 0 Å². The number of hydrogen-bond acceptors (Lipinski definition) is 2. The smallest absolute Gasteiger partial charge is 0.112 e. The van der Waals surface area contributed by atoms with Crippen molar-refractivity contribution in [1.29, 1.82) is 0 Å². The Morgan fingerprint density at radius 2 is 0.525 bits per heavy atom. The first-order chi connectivity index (χ1) is 29.0. The molecule has 0 aliphatic rings. The first-order valence-electron chi connectivity index (χ1n) is 20.3. The fourth-order valence-corrected chi connectivity index (χ4v) is 10.4. The van der Waals surface area contributed by atoms with Crippen molar-refractivity contribution in [1.82, 2.24) is 0 Å². The maximum atomic E-state index is 2.43. The van der Waals surface area contributed by atoms with E-state index in [1.165, 1.54) is 43.8 Å². The molecule has 59 heavy (non-hydrogen) atoms. The number of benzene rings is 9. The molecule has 0 atom stereocenters. The molecule has 0 aliphatic carbocycles. The fraction of sp³-hybridized carbons (Fsp3) is 0.0357. The number of hydrogen-bond donors (Lipinski definition) is 0. The predicted molar refractivity (Wildman–Crippen MR) is 255 cm³/mol. The minimum Gasteiger partial charge on any atom is -0.311 e. The quantitative estimate of drug-likeness (QED) is 0.121. The Bertz CT molecular complexity index is 2690. The minimum absolute atomic E-state index is 1.11. The Hall–Kier alpha value is -7.20. The highest BCUT2D eigenvalue weighted by atomic mass is 28.3. The average Bonchev–Trinajstić information content (AvgIpc) is 3.31. The van der Waals surface area contributed by atoms with Gasteiger partial charge in [-0.25, -0.2) is 0 Å². The van der Waals surface area contributed by atoms with E-state index in [2.05, 4.69) is 266 Å². The average molecular weight is 775 g/mol. The van der Waals surface area contributed by atoms with Crippen LogP contribution in [-0.2, 0) is 0 Å². The highest BCUT2D eigenvalue weighted by Gasteiger charge is 2.25. The number of rotatable bonds is 11. The second kappa shape index (κ2) is 16.7. The molecule has 0 heterocycles. The van der Waals surface area contributed by atoms with Gasteiger partial charge in [0, 0.05) is 34.1 Å². The van der Waals surface area contributed by atoms with Gasteiger partial charge in [-0.1, -0.05) is 193 Å². The lowest BCUT2D eigenvalue weighted by Gasteiger charge is -2.26. The van der Waals surface area contributed by atoms with Crippen molar-refractivity contribution in [3.63, 3.8) is 0 Å². The number of anilines is 6. The molecule has 2 nitrogen and oxygen atoms in total. The topological polar surface area (TPSA) is 6.48 Å². The van der Waals surface area contributed by atoms with Crippen LogP contribution in [0.3, 0.4) is 0 Å². The van der Waals surface area contributed by atoms with E-state index in [0.717, 1.165) is 34.1 Å². The highest BCUT2D eigenvalue weighted by Crippen LogP contribution is 2.38. The zero-order valence-corrected chi connectivity index (χ0v) is 34.5. The molecule has 0 N–H and O–H groups in total. The van der Waals surface area contributed by atoms with Crippen LogP contribution in [0.4, 0.5) is 34.1 Å². The van der Waals surface area contributed by atoms with Gasteiger partial charge in [0.2, 0.25) is 0 Å². The van der Waals surface area contributed by atoms with Gasteiger partial charge in [-0.15, -0.1) is 0 Å². The molecular formula is C56H46N2Si. The van der Waals surface area contributed by atoms with Gasteiger partial charge < -0.3 is 9.80 Å². The summed E-state index contributed by atoms with van der Waals surface area (Å²) in [5.41, 5.74) is 13.9. The fourth-order valence-electron chi connectivity index (χ4n) is 8.01. The van der Waals surface area contributed by atoms with Crippen LogP contribution in [0.5, 0.6) is 0 Å². The summed E-state index contributed by atoms with van der Waals surface area (Å²) >= 11 is 0. The molecule has 9 aromatic rings. The molecule has 0 unspecified atom stereocenters. The van der Waals surface area contributed by atoms with E-state index in [4.69, 9.17) is 0 Å². The van der Waals surface area contributed by atoms with Gasteiger partial charge >= 0.3 is 0 Å². The molecule has 284 valence electrons. The second-order valence-corrected chi connectivity index (χ2v) is 19.9. The lowest BCUT2D eigenvalue weighted by Crippen LogP contribution is -2.52. The van der Waals surface area contributed by atoms with E-state index in [-0.39, 0.29) is 0 Å². The number of para-hydroxylation sites is 3. The zero-order chi connectivity index (χ0) is 40.0. The lowest BCUT2D eigenvalue weighted by atomic mass is 9.99. The summed E-state index contributed by atoms with van der Waals surface area (Å²) < 4.78 is 0. The Balaban J connectivity index is 0.952. The van der Waals surface area contributed by atoms with E-state index < -0.39 is 8.07 Å². The largest absolute Gasteiger partial charge is 0.311 e. The molecule has 0 radical (unpaired) electrons. The van der Waals surface area contributed by atoms with E-state index in [1.54, 1.807) is 0 Å². The van der Waals surface area contributed by atoms with Crippen molar-refractivity contribution in [2.24, 2.45) is 0 Å². The predicted octanol–water partition coefficient (Wildman–Crippen LogP) is 14.4. The third-order valence-electron chi connectivity index (χ3n) is 11.4. The van der Waals surface area contributed by atoms with Crippen molar-refractivity contribution < 1.29 is 0 Å². The summed E-state index contributed by atoms with van der Waals surface area (Å²) in [6.45, 7) is 4.87. The highest BCUT2D eigenvalue weighted by molar-refractivity contribution is 7.00. The summed E-state index contributed by atoms with van der Waals surface area (Å²) in [4.78, 5) is 4.64. The zero-order valence-electron chi connectivity index (χ0n) is 33.5. The summed E-state index contributed by atoms with van der Waals surface area (Å²) in [5, 5.41) is 2.89. The Kier molecular flexibility index (Phi) is 10.6. The standard InChI is InChI=1S/C56H46N2Si/c1-59(2,55-24-13-6-14-25-55)56-40-34-47(35-41-56)48-16-15-23-54(42-48)58(51-21-11-5-12-22-51)53-38-32-46(33-39-53)44-28-26-43(27-29-44)45-30-36-52(37-31-45)57(49-17-7-3-8-18-49)50-19-9-4-10-20-50/h3-42H,1-2H3. The molecule has 0 saturated carbocycles. The number of nitrogens with zero attached hydrogens (tertiary/aromatic N) is 2. The van der Waals surface area contributed by atoms with Crippen molar-refractivity contribution >= 4 is 52.6 Å². The third kappa shape index (κ3) is 8.02. The van der Waals surface area contributed by atoms with Gasteiger partial charge in [0.1, 0.15) is 8.07 Å². The summed E-state index contributed by atoms with van der Waals surface area (Å²) in [7, 11) is -1.78. The van der Waals surface area contributed by atoms with Crippen LogP contribution in [0.1, 0.15) is 0 Å². The van der Waals surface area contributed by atoms with E-state index in [0.29, 0.717) is 0 Å². The summed E-state index contributed by atoms with van der Waals surface area (Å²) in [5.74, 6) is 0. The Labute approximate surface area is 350 Å². The molecule has 0 saturated heterocycles. The Morgan fingerprint density at radius 1 is 0.237 bits per heavy atom. The van der Waals surface area contributed by atoms with Gasteiger partial charge in [-0.3, -0.25) is 0 Å². The molecule has 0 aliphatic heterocycles. The third-order valence-corrected chi connectivity index (χ3v) is 14.9. The normalized spacial score (nSPS) is 11.2. The minimum atomic E-state index is -1.78. The Morgan fingerprint density at radius 3 is 0.949 bits per heavy atom. The van der Waals surface area contributed by atoms with Gasteiger partial charge in [0.05, 0.1) is 0 Å². The van der Waals surface area contributed by atoms with Crippen molar-refractivity contribution in [3.8, 4) is 33.4 Å². The second-order valence-electron chi connectivity index (χ2n) is 15.5. The molecule has 9 aromatic carbocycles. The summed E-state index contributed by atoms with van der Waals surface area (Å²) in [6.07, 6.45) is 0. The molecule has 9 rings (SSSR count). The van der Waals surface area contributed by atoms with Crippen LogP contribution in [0, 0.1) is 0 Å². The van der Waals surface area contributed by atoms with E-state index >= 15 is 0 Å². The van der Waals surface area contributed by atoms with Gasteiger partial charge in [-0.05, 0) is 106 Å². The first-order valence-corrected chi connectivity index (χ1v) is 23.3. The van der Waals surface area contributed by atoms with Gasteiger partial charge in [0.25, 0.3) is 0 Å². The maximum Gasteiger partial charge on any atom is 0.112 e. The molecular weight excluding hydrogens is 729 g/mol. The molecule has 0 spiro atoms. The van der Waals surface area contributed by atoms with Crippen LogP contribution < -0.4 is 20.2 Å². The van der Waals surface area contributed by atoms with E-state index in [9.17, 15) is 0 Å². The van der Waals surface area contributed by atoms with Crippen LogP contribution in [0.2, 0.25) is 13.1 Å². The first kappa shape index (κ1) is 37.4. The molecule has 3 heteroatoms. The lowest BCUT2D eigenvalue weighted by molar-refractivity contribution is 1.28. The molecule has 0 fully saturated rings. The SMILES string of the molecule is C[Si](C)(c1ccccc1)c1ccc(-c2cccc(N(c3ccccc3)c3ccc(-c4ccc(-c5ccc(N(c6ccccc6)c6ccccc6)cc5)cc4)cc3)c2)cc1. The van der Waals surface area contributed by atoms with Crippen LogP contribution >= 0.6 is 0 Å². The molecule has 0 aromatic heterocycles. The van der Waals surface area contributed by atoms with Crippen molar-refractivity contribution in [2.45, 2.75) is 13.1 Å². The monoisotopic (exact) mass is 774 g/mol. The van der Waals surface area contributed by atoms with Crippen LogP contribution in [0.15, 0.2) is 243 Å². The van der Waals surface area contributed by atoms with Crippen molar-refractivity contribution in [2.75, 3.05) is 9.80 Å².